The van der Waals surface area contributed by atoms with Crippen LogP contribution in [0.15, 0.2) is 48.5 Å². The molecule has 0 aliphatic carbocycles. The van der Waals surface area contributed by atoms with Crippen LogP contribution in [0, 0.1) is 0 Å². The van der Waals surface area contributed by atoms with Gasteiger partial charge in [-0.2, -0.15) is 13.2 Å². The van der Waals surface area contributed by atoms with Crippen LogP contribution < -0.4 is 15.1 Å². The molecular weight excluding hydrogens is 476 g/mol. The van der Waals surface area contributed by atoms with Gasteiger partial charge < -0.3 is 20.2 Å². The molecule has 1 heterocycles. The van der Waals surface area contributed by atoms with Gasteiger partial charge in [0.1, 0.15) is 17.5 Å². The number of carboxylic acid groups (broad SMARTS) is 1. The lowest BCUT2D eigenvalue weighted by Crippen LogP contribution is -2.22. The summed E-state index contributed by atoms with van der Waals surface area (Å²) in [5.74, 6) is 0.0303. The average Bonchev–Trinajstić information content (AvgIpc) is 2.80. The Kier molecular flexibility index (Phi) is 7.81. The average molecular weight is 503 g/mol. The highest BCUT2D eigenvalue weighted by atomic mass is 19.4. The van der Waals surface area contributed by atoms with Crippen molar-refractivity contribution in [1.29, 1.82) is 0 Å². The van der Waals surface area contributed by atoms with Crippen molar-refractivity contribution in [3.05, 3.63) is 76.6 Å². The number of halogens is 3. The first kappa shape index (κ1) is 26.5. The third kappa shape index (κ3) is 6.49. The lowest BCUT2D eigenvalue weighted by molar-refractivity contribution is -0.138. The number of aromatic nitrogens is 2. The summed E-state index contributed by atoms with van der Waals surface area (Å²) < 4.78 is 38.1. The van der Waals surface area contributed by atoms with Gasteiger partial charge in [0.05, 0.1) is 12.0 Å². The Balaban J connectivity index is 1.77. The molecule has 2 aromatic carbocycles. The van der Waals surface area contributed by atoms with Gasteiger partial charge in [0.25, 0.3) is 5.91 Å². The van der Waals surface area contributed by atoms with E-state index in [1.165, 1.54) is 0 Å². The number of hydrogen-bond acceptors (Lipinski definition) is 6. The maximum atomic E-state index is 12.7. The molecule has 0 bridgehead atoms. The van der Waals surface area contributed by atoms with E-state index in [9.17, 15) is 27.9 Å². The molecule has 0 saturated heterocycles. The largest absolute Gasteiger partial charge is 0.481 e. The number of carbonyl (C=O) groups is 2. The number of nitrogens with one attached hydrogen (secondary N) is 1. The van der Waals surface area contributed by atoms with E-state index in [1.54, 1.807) is 62.3 Å². The SMILES string of the molecule is CN(C)c1n[13c](Cc2ccc(NC(=O)c3ccc(C(F)(F)F)cc3)cc2)nc(N(C)C)c1CC(=O)O. The minimum absolute atomic E-state index is 0.106. The molecule has 8 nitrogen and oxygen atoms in total. The fourth-order valence-electron chi connectivity index (χ4n) is 3.54. The maximum Gasteiger partial charge on any atom is 0.416 e. The minimum atomic E-state index is -4.47. The number of amides is 1. The number of carbonyl (C=O) groups excluding carboxylic acids is 1. The second kappa shape index (κ2) is 10.6. The molecule has 2 N–H and O–H groups in total. The number of aliphatic carboxylic acids is 1. The Hall–Kier alpha value is -4.15. The zero-order chi connectivity index (χ0) is 26.6. The first-order valence-corrected chi connectivity index (χ1v) is 10.9. The molecule has 1 amide bonds. The number of hydrogen-bond donors (Lipinski definition) is 2. The van der Waals surface area contributed by atoms with Crippen molar-refractivity contribution in [2.45, 2.75) is 19.0 Å². The zero-order valence-electron chi connectivity index (χ0n) is 20.2. The molecule has 3 aromatic rings. The second-order valence-corrected chi connectivity index (χ2v) is 8.53. The van der Waals surface area contributed by atoms with E-state index in [4.69, 9.17) is 0 Å². The van der Waals surface area contributed by atoms with Crippen molar-refractivity contribution in [1.82, 2.24) is 9.97 Å². The standard InChI is InChI=1S/C25H26F3N5O3/c1-32(2)22-19(14-21(34)35)23(33(3)4)31-20(30-22)13-15-5-11-18(12-6-15)29-24(36)16-7-9-17(10-8-16)25(26,27)28/h5-12H,13-14H2,1-4H3,(H,29,36)(H,34,35)/i20+1. The van der Waals surface area contributed by atoms with Crippen LogP contribution in [0.3, 0.4) is 0 Å². The molecule has 0 atom stereocenters. The van der Waals surface area contributed by atoms with Crippen LogP contribution in [0.5, 0.6) is 0 Å². The van der Waals surface area contributed by atoms with E-state index in [-0.39, 0.29) is 12.0 Å². The van der Waals surface area contributed by atoms with E-state index in [0.717, 1.165) is 29.8 Å². The molecule has 0 radical (unpaired) electrons. The highest BCUT2D eigenvalue weighted by Crippen LogP contribution is 2.29. The Morgan fingerprint density at radius 1 is 0.889 bits per heavy atom. The van der Waals surface area contributed by atoms with Crippen LogP contribution in [0.2, 0.25) is 0 Å². The molecule has 190 valence electrons. The quantitative estimate of drug-likeness (QED) is 0.479. The normalized spacial score (nSPS) is 11.2. The number of carboxylic acids is 1. The van der Waals surface area contributed by atoms with Gasteiger partial charge in [-0.1, -0.05) is 12.1 Å². The summed E-state index contributed by atoms with van der Waals surface area (Å²) in [5.41, 5.74) is 1.13. The fourth-order valence-corrected chi connectivity index (χ4v) is 3.54. The van der Waals surface area contributed by atoms with Crippen LogP contribution in [0.1, 0.15) is 32.9 Å². The summed E-state index contributed by atoms with van der Waals surface area (Å²) >= 11 is 0. The van der Waals surface area contributed by atoms with Gasteiger partial charge in [-0.25, -0.2) is 9.97 Å². The summed E-state index contributed by atoms with van der Waals surface area (Å²) in [6.07, 6.45) is -4.32. The topological polar surface area (TPSA) is 98.7 Å². The van der Waals surface area contributed by atoms with Crippen molar-refractivity contribution in [3.63, 3.8) is 0 Å². The number of benzene rings is 2. The maximum absolute atomic E-state index is 12.7. The molecule has 1 aromatic heterocycles. The van der Waals surface area contributed by atoms with Crippen LogP contribution in [-0.2, 0) is 23.8 Å². The van der Waals surface area contributed by atoms with Gasteiger partial charge in [-0.15, -0.1) is 0 Å². The minimum Gasteiger partial charge on any atom is -0.481 e. The van der Waals surface area contributed by atoms with E-state index >= 15 is 0 Å². The third-order valence-electron chi connectivity index (χ3n) is 5.23. The Morgan fingerprint density at radius 3 is 1.86 bits per heavy atom. The lowest BCUT2D eigenvalue weighted by Gasteiger charge is -2.22. The van der Waals surface area contributed by atoms with Crippen molar-refractivity contribution in [3.8, 4) is 0 Å². The first-order valence-electron chi connectivity index (χ1n) is 10.9. The summed E-state index contributed by atoms with van der Waals surface area (Å²) in [5, 5.41) is 12.0. The summed E-state index contributed by atoms with van der Waals surface area (Å²) in [4.78, 5) is 36.4. The summed E-state index contributed by atoms with van der Waals surface area (Å²) in [7, 11) is 7.13. The summed E-state index contributed by atoms with van der Waals surface area (Å²) in [6, 6.07) is 10.9. The van der Waals surface area contributed by atoms with E-state index in [1.807, 2.05) is 0 Å². The van der Waals surface area contributed by atoms with E-state index in [0.29, 0.717) is 35.1 Å². The van der Waals surface area contributed by atoms with E-state index < -0.39 is 23.6 Å². The predicted molar refractivity (Wildman–Crippen MR) is 131 cm³/mol. The number of rotatable bonds is 8. The molecule has 3 rings (SSSR count). The highest BCUT2D eigenvalue weighted by molar-refractivity contribution is 6.04. The summed E-state index contributed by atoms with van der Waals surface area (Å²) in [6.45, 7) is 0. The van der Waals surface area contributed by atoms with Crippen LogP contribution in [-0.4, -0.2) is 55.1 Å². The molecule has 36 heavy (non-hydrogen) atoms. The number of alkyl halides is 3. The predicted octanol–water partition coefficient (Wildman–Crippen LogP) is 4.10. The Labute approximate surface area is 206 Å². The first-order chi connectivity index (χ1) is 16.8. The van der Waals surface area contributed by atoms with Gasteiger partial charge in [0.2, 0.25) is 0 Å². The molecule has 0 unspecified atom stereocenters. The zero-order valence-corrected chi connectivity index (χ0v) is 20.2. The van der Waals surface area contributed by atoms with Crippen molar-refractivity contribution >= 4 is 29.2 Å². The Bertz CT molecular complexity index is 1210. The molecule has 0 saturated carbocycles. The Morgan fingerprint density at radius 2 is 1.42 bits per heavy atom. The van der Waals surface area contributed by atoms with E-state index in [2.05, 4.69) is 15.3 Å². The van der Waals surface area contributed by atoms with Gasteiger partial charge in [-0.3, -0.25) is 9.59 Å². The molecular formula is C25H26F3N5O3. The van der Waals surface area contributed by atoms with Gasteiger partial charge in [0, 0.05) is 51.4 Å². The van der Waals surface area contributed by atoms with Crippen molar-refractivity contribution < 1.29 is 27.9 Å². The number of nitrogens with zero attached hydrogens (tertiary/aromatic N) is 4. The van der Waals surface area contributed by atoms with Crippen molar-refractivity contribution in [2.24, 2.45) is 0 Å². The highest BCUT2D eigenvalue weighted by Gasteiger charge is 2.30. The van der Waals surface area contributed by atoms with Gasteiger partial charge in [0.15, 0.2) is 0 Å². The van der Waals surface area contributed by atoms with Gasteiger partial charge >= 0.3 is 12.1 Å². The van der Waals surface area contributed by atoms with Crippen LogP contribution >= 0.6 is 0 Å². The van der Waals surface area contributed by atoms with Crippen molar-refractivity contribution in [2.75, 3.05) is 43.3 Å². The third-order valence-corrected chi connectivity index (χ3v) is 5.23. The molecule has 0 fully saturated rings. The fraction of sp³-hybridized carbons (Fsp3) is 0.280. The van der Waals surface area contributed by atoms with Crippen LogP contribution in [0.4, 0.5) is 30.5 Å². The molecule has 0 spiro atoms. The lowest BCUT2D eigenvalue weighted by atomic mass is 10.1. The number of anilines is 3. The van der Waals surface area contributed by atoms with Gasteiger partial charge in [-0.05, 0) is 42.0 Å². The molecule has 0 aliphatic rings. The smallest absolute Gasteiger partial charge is 0.416 e. The molecule has 11 heteroatoms. The molecule has 0 aliphatic heterocycles. The second-order valence-electron chi connectivity index (χ2n) is 8.53. The monoisotopic (exact) mass is 502 g/mol. The van der Waals surface area contributed by atoms with Crippen LogP contribution in [0.25, 0.3) is 0 Å².